The van der Waals surface area contributed by atoms with E-state index in [0.29, 0.717) is 0 Å². The number of fused-ring (bicyclic) bond motifs is 1. The molecule has 2 aromatic heterocycles. The van der Waals surface area contributed by atoms with Gasteiger partial charge in [0.15, 0.2) is 0 Å². The predicted molar refractivity (Wildman–Crippen MR) is 62.0 cm³/mol. The molecule has 1 N–H and O–H groups in total. The maximum atomic E-state index is 4.40. The number of aromatic amines is 1. The molecular formula is C12H17N3. The van der Waals surface area contributed by atoms with Crippen LogP contribution in [-0.2, 0) is 6.42 Å². The third-order valence-electron chi connectivity index (χ3n) is 2.65. The number of rotatable bonds is 3. The van der Waals surface area contributed by atoms with Gasteiger partial charge in [-0.25, -0.2) is 9.97 Å². The predicted octanol–water partition coefficient (Wildman–Crippen LogP) is 2.92. The van der Waals surface area contributed by atoms with Gasteiger partial charge in [-0.1, -0.05) is 13.3 Å². The minimum Gasteiger partial charge on any atom is -0.343 e. The van der Waals surface area contributed by atoms with Crippen molar-refractivity contribution in [2.24, 2.45) is 0 Å². The van der Waals surface area contributed by atoms with Crippen molar-refractivity contribution in [3.63, 3.8) is 0 Å². The molecule has 0 fully saturated rings. The molecule has 0 aliphatic rings. The smallest absolute Gasteiger partial charge is 0.141 e. The minimum atomic E-state index is 0.837. The third kappa shape index (κ3) is 2.01. The van der Waals surface area contributed by atoms with Crippen LogP contribution in [-0.4, -0.2) is 15.0 Å². The molecule has 2 rings (SSSR count). The summed E-state index contributed by atoms with van der Waals surface area (Å²) >= 11 is 0. The molecule has 0 aliphatic heterocycles. The van der Waals surface area contributed by atoms with Gasteiger partial charge in [0.2, 0.25) is 0 Å². The molecule has 15 heavy (non-hydrogen) atoms. The highest BCUT2D eigenvalue weighted by Gasteiger charge is 2.05. The van der Waals surface area contributed by atoms with Crippen LogP contribution >= 0.6 is 0 Å². The van der Waals surface area contributed by atoms with Crippen molar-refractivity contribution < 1.29 is 0 Å². The Morgan fingerprint density at radius 1 is 1.27 bits per heavy atom. The van der Waals surface area contributed by atoms with Crippen LogP contribution in [0.5, 0.6) is 0 Å². The van der Waals surface area contributed by atoms with Crippen molar-refractivity contribution in [2.45, 2.75) is 40.0 Å². The number of hydrogen-bond donors (Lipinski definition) is 1. The van der Waals surface area contributed by atoms with Crippen molar-refractivity contribution in [3.05, 3.63) is 23.3 Å². The lowest BCUT2D eigenvalue weighted by Gasteiger charge is -1.95. The zero-order valence-corrected chi connectivity index (χ0v) is 9.59. The number of unbranched alkanes of at least 4 members (excludes halogenated alkanes) is 1. The normalized spacial score (nSPS) is 11.1. The Balaban J connectivity index is 2.41. The summed E-state index contributed by atoms with van der Waals surface area (Å²) in [5, 5.41) is 1.16. The molecule has 0 spiro atoms. The van der Waals surface area contributed by atoms with E-state index in [1.54, 1.807) is 0 Å². The molecule has 3 heteroatoms. The molecule has 0 unspecified atom stereocenters. The topological polar surface area (TPSA) is 41.6 Å². The molecule has 0 bridgehead atoms. The van der Waals surface area contributed by atoms with Gasteiger partial charge in [0.1, 0.15) is 11.5 Å². The Morgan fingerprint density at radius 3 is 2.80 bits per heavy atom. The van der Waals surface area contributed by atoms with E-state index in [1.165, 1.54) is 18.5 Å². The van der Waals surface area contributed by atoms with Gasteiger partial charge < -0.3 is 4.98 Å². The Morgan fingerprint density at radius 2 is 2.07 bits per heavy atom. The lowest BCUT2D eigenvalue weighted by Crippen LogP contribution is -1.91. The third-order valence-corrected chi connectivity index (χ3v) is 2.65. The van der Waals surface area contributed by atoms with Crippen molar-refractivity contribution in [2.75, 3.05) is 0 Å². The SMILES string of the molecule is CCCCc1cc2c(C)nc(C)nc2[nH]1. The van der Waals surface area contributed by atoms with Crippen molar-refractivity contribution in [1.29, 1.82) is 0 Å². The van der Waals surface area contributed by atoms with Crippen molar-refractivity contribution >= 4 is 11.0 Å². The average molecular weight is 203 g/mol. The highest BCUT2D eigenvalue weighted by Crippen LogP contribution is 2.17. The highest BCUT2D eigenvalue weighted by molar-refractivity contribution is 5.78. The Hall–Kier alpha value is -1.38. The summed E-state index contributed by atoms with van der Waals surface area (Å²) in [6.07, 6.45) is 3.54. The molecule has 0 aromatic carbocycles. The highest BCUT2D eigenvalue weighted by atomic mass is 14.9. The van der Waals surface area contributed by atoms with Crippen LogP contribution in [0.3, 0.4) is 0 Å². The summed E-state index contributed by atoms with van der Waals surface area (Å²) in [7, 11) is 0. The van der Waals surface area contributed by atoms with Gasteiger partial charge in [0.05, 0.1) is 5.69 Å². The Labute approximate surface area is 90.0 Å². The van der Waals surface area contributed by atoms with E-state index in [4.69, 9.17) is 0 Å². The van der Waals surface area contributed by atoms with Crippen LogP contribution in [0, 0.1) is 13.8 Å². The second-order valence-electron chi connectivity index (χ2n) is 4.02. The van der Waals surface area contributed by atoms with Crippen LogP contribution in [0.1, 0.15) is 37.0 Å². The number of nitrogens with one attached hydrogen (secondary N) is 1. The quantitative estimate of drug-likeness (QED) is 0.833. The lowest BCUT2D eigenvalue weighted by atomic mass is 10.2. The van der Waals surface area contributed by atoms with E-state index in [1.807, 2.05) is 13.8 Å². The van der Waals surface area contributed by atoms with E-state index in [2.05, 4.69) is 27.9 Å². The fraction of sp³-hybridized carbons (Fsp3) is 0.500. The van der Waals surface area contributed by atoms with Gasteiger partial charge in [-0.15, -0.1) is 0 Å². The first-order valence-corrected chi connectivity index (χ1v) is 5.53. The van der Waals surface area contributed by atoms with Gasteiger partial charge in [-0.3, -0.25) is 0 Å². The van der Waals surface area contributed by atoms with E-state index in [0.717, 1.165) is 29.0 Å². The summed E-state index contributed by atoms with van der Waals surface area (Å²) in [6.45, 7) is 6.17. The van der Waals surface area contributed by atoms with Gasteiger partial charge in [0.25, 0.3) is 0 Å². The monoisotopic (exact) mass is 203 g/mol. The van der Waals surface area contributed by atoms with E-state index in [9.17, 15) is 0 Å². The second kappa shape index (κ2) is 4.01. The van der Waals surface area contributed by atoms with E-state index >= 15 is 0 Å². The number of aromatic nitrogens is 3. The van der Waals surface area contributed by atoms with E-state index < -0.39 is 0 Å². The molecule has 0 amide bonds. The number of nitrogens with zero attached hydrogens (tertiary/aromatic N) is 2. The molecule has 80 valence electrons. The van der Waals surface area contributed by atoms with Crippen LogP contribution in [0.2, 0.25) is 0 Å². The largest absolute Gasteiger partial charge is 0.343 e. The van der Waals surface area contributed by atoms with Crippen LogP contribution in [0.15, 0.2) is 6.07 Å². The molecule has 0 radical (unpaired) electrons. The van der Waals surface area contributed by atoms with Crippen molar-refractivity contribution in [3.8, 4) is 0 Å². The van der Waals surface area contributed by atoms with Gasteiger partial charge in [-0.2, -0.15) is 0 Å². The first-order valence-electron chi connectivity index (χ1n) is 5.53. The maximum absolute atomic E-state index is 4.40. The summed E-state index contributed by atoms with van der Waals surface area (Å²) in [4.78, 5) is 12.1. The van der Waals surface area contributed by atoms with Gasteiger partial charge in [0, 0.05) is 11.1 Å². The van der Waals surface area contributed by atoms with Gasteiger partial charge >= 0.3 is 0 Å². The number of H-pyrrole nitrogens is 1. The minimum absolute atomic E-state index is 0.837. The standard InChI is InChI=1S/C12H17N3/c1-4-5-6-10-7-11-8(2)13-9(3)14-12(11)15-10/h7H,4-6H2,1-3H3,(H,13,14,15). The molecule has 3 nitrogen and oxygen atoms in total. The number of aryl methyl sites for hydroxylation is 3. The number of hydrogen-bond acceptors (Lipinski definition) is 2. The maximum Gasteiger partial charge on any atom is 0.141 e. The molecular weight excluding hydrogens is 186 g/mol. The van der Waals surface area contributed by atoms with Crippen LogP contribution in [0.4, 0.5) is 0 Å². The molecule has 0 saturated heterocycles. The van der Waals surface area contributed by atoms with Crippen LogP contribution < -0.4 is 0 Å². The van der Waals surface area contributed by atoms with Crippen molar-refractivity contribution in [1.82, 2.24) is 15.0 Å². The first-order chi connectivity index (χ1) is 7.20. The molecule has 0 atom stereocenters. The molecule has 0 saturated carbocycles. The molecule has 2 heterocycles. The summed E-state index contributed by atoms with van der Waals surface area (Å²) in [5.74, 6) is 0.837. The molecule has 2 aromatic rings. The zero-order valence-electron chi connectivity index (χ0n) is 9.59. The summed E-state index contributed by atoms with van der Waals surface area (Å²) in [6, 6.07) is 2.18. The zero-order chi connectivity index (χ0) is 10.8. The Kier molecular flexibility index (Phi) is 2.71. The fourth-order valence-corrected chi connectivity index (χ4v) is 1.85. The van der Waals surface area contributed by atoms with E-state index in [-0.39, 0.29) is 0 Å². The summed E-state index contributed by atoms with van der Waals surface area (Å²) in [5.41, 5.74) is 3.32. The Bertz CT molecular complexity index is 471. The fourth-order valence-electron chi connectivity index (χ4n) is 1.85. The lowest BCUT2D eigenvalue weighted by molar-refractivity contribution is 0.782. The van der Waals surface area contributed by atoms with Gasteiger partial charge in [-0.05, 0) is 32.8 Å². The average Bonchev–Trinajstić information content (AvgIpc) is 2.57. The first kappa shape index (κ1) is 10.1. The summed E-state index contributed by atoms with van der Waals surface area (Å²) < 4.78 is 0. The van der Waals surface area contributed by atoms with Crippen LogP contribution in [0.25, 0.3) is 11.0 Å². The molecule has 0 aliphatic carbocycles. The second-order valence-corrected chi connectivity index (χ2v) is 4.02.